The van der Waals surface area contributed by atoms with Crippen LogP contribution in [-0.4, -0.2) is 53.7 Å². The SMILES string of the molecule is Cc1cc(NC(=O)CN2CCN(c3cncc(F)c3)CC2)no1. The highest BCUT2D eigenvalue weighted by molar-refractivity contribution is 5.91. The second-order valence-corrected chi connectivity index (χ2v) is 5.50. The average Bonchev–Trinajstić information content (AvgIpc) is 2.93. The van der Waals surface area contributed by atoms with Crippen LogP contribution in [0.3, 0.4) is 0 Å². The highest BCUT2D eigenvalue weighted by Crippen LogP contribution is 2.16. The Labute approximate surface area is 133 Å². The van der Waals surface area contributed by atoms with Crippen molar-refractivity contribution in [2.75, 3.05) is 42.9 Å². The predicted molar refractivity (Wildman–Crippen MR) is 82.7 cm³/mol. The van der Waals surface area contributed by atoms with E-state index < -0.39 is 0 Å². The van der Waals surface area contributed by atoms with Gasteiger partial charge in [0.2, 0.25) is 5.91 Å². The van der Waals surface area contributed by atoms with Crippen molar-refractivity contribution in [3.63, 3.8) is 0 Å². The number of nitrogens with zero attached hydrogens (tertiary/aromatic N) is 4. The maximum atomic E-state index is 13.2. The molecule has 0 radical (unpaired) electrons. The quantitative estimate of drug-likeness (QED) is 0.915. The van der Waals surface area contributed by atoms with Crippen molar-refractivity contribution in [1.82, 2.24) is 15.0 Å². The standard InChI is InChI=1S/C15H18FN5O2/c1-11-6-14(19-23-11)18-15(22)10-20-2-4-21(5-3-20)13-7-12(16)8-17-9-13/h6-9H,2-5,10H2,1H3,(H,18,19,22). The summed E-state index contributed by atoms with van der Waals surface area (Å²) in [6.45, 7) is 4.96. The average molecular weight is 319 g/mol. The molecule has 122 valence electrons. The van der Waals surface area contributed by atoms with E-state index in [2.05, 4.69) is 20.4 Å². The lowest BCUT2D eigenvalue weighted by Crippen LogP contribution is -2.48. The molecule has 0 bridgehead atoms. The summed E-state index contributed by atoms with van der Waals surface area (Å²) < 4.78 is 18.1. The van der Waals surface area contributed by atoms with E-state index in [1.807, 2.05) is 4.90 Å². The number of carbonyl (C=O) groups excluding carboxylic acids is 1. The van der Waals surface area contributed by atoms with Gasteiger partial charge in [0.25, 0.3) is 0 Å². The molecule has 2 aromatic heterocycles. The van der Waals surface area contributed by atoms with Crippen LogP contribution in [0.5, 0.6) is 0 Å². The van der Waals surface area contributed by atoms with Crippen LogP contribution in [0.25, 0.3) is 0 Å². The summed E-state index contributed by atoms with van der Waals surface area (Å²) in [5.41, 5.74) is 0.771. The highest BCUT2D eigenvalue weighted by atomic mass is 19.1. The maximum Gasteiger partial charge on any atom is 0.239 e. The number of nitrogens with one attached hydrogen (secondary N) is 1. The van der Waals surface area contributed by atoms with Crippen LogP contribution < -0.4 is 10.2 Å². The molecule has 0 aromatic carbocycles. The third kappa shape index (κ3) is 4.04. The number of aryl methyl sites for hydroxylation is 1. The van der Waals surface area contributed by atoms with Crippen molar-refractivity contribution in [3.05, 3.63) is 36.1 Å². The van der Waals surface area contributed by atoms with Gasteiger partial charge in [-0.2, -0.15) is 0 Å². The van der Waals surface area contributed by atoms with E-state index in [-0.39, 0.29) is 11.7 Å². The van der Waals surface area contributed by atoms with Crippen molar-refractivity contribution >= 4 is 17.4 Å². The first kappa shape index (κ1) is 15.4. The highest BCUT2D eigenvalue weighted by Gasteiger charge is 2.20. The Morgan fingerprint density at radius 1 is 1.30 bits per heavy atom. The number of rotatable bonds is 4. The van der Waals surface area contributed by atoms with Gasteiger partial charge in [-0.1, -0.05) is 5.16 Å². The number of piperazine rings is 1. The number of amides is 1. The molecule has 0 spiro atoms. The zero-order chi connectivity index (χ0) is 16.2. The summed E-state index contributed by atoms with van der Waals surface area (Å²) in [5.74, 6) is 0.612. The minimum absolute atomic E-state index is 0.126. The molecule has 0 atom stereocenters. The van der Waals surface area contributed by atoms with Crippen molar-refractivity contribution in [2.45, 2.75) is 6.92 Å². The summed E-state index contributed by atoms with van der Waals surface area (Å²) in [6, 6.07) is 3.15. The van der Waals surface area contributed by atoms with Gasteiger partial charge >= 0.3 is 0 Å². The molecule has 0 unspecified atom stereocenters. The summed E-state index contributed by atoms with van der Waals surface area (Å²) in [5, 5.41) is 6.43. The second-order valence-electron chi connectivity index (χ2n) is 5.50. The molecular formula is C15H18FN5O2. The molecule has 0 saturated carbocycles. The van der Waals surface area contributed by atoms with Crippen molar-refractivity contribution < 1.29 is 13.7 Å². The van der Waals surface area contributed by atoms with E-state index in [9.17, 15) is 9.18 Å². The largest absolute Gasteiger partial charge is 0.368 e. The van der Waals surface area contributed by atoms with Gasteiger partial charge < -0.3 is 14.7 Å². The number of hydrogen-bond donors (Lipinski definition) is 1. The van der Waals surface area contributed by atoms with Crippen LogP contribution in [0.4, 0.5) is 15.9 Å². The molecule has 1 aliphatic rings. The summed E-state index contributed by atoms with van der Waals surface area (Å²) >= 11 is 0. The van der Waals surface area contributed by atoms with E-state index in [0.29, 0.717) is 18.1 Å². The van der Waals surface area contributed by atoms with Gasteiger partial charge in [-0.15, -0.1) is 0 Å². The molecule has 23 heavy (non-hydrogen) atoms. The third-order valence-electron chi connectivity index (χ3n) is 3.69. The fraction of sp³-hybridized carbons (Fsp3) is 0.400. The first-order valence-electron chi connectivity index (χ1n) is 7.41. The zero-order valence-electron chi connectivity index (χ0n) is 12.8. The maximum absolute atomic E-state index is 13.2. The molecule has 1 fully saturated rings. The van der Waals surface area contributed by atoms with Gasteiger partial charge in [0, 0.05) is 38.3 Å². The van der Waals surface area contributed by atoms with E-state index in [4.69, 9.17) is 4.52 Å². The molecule has 1 saturated heterocycles. The zero-order valence-corrected chi connectivity index (χ0v) is 12.8. The minimum Gasteiger partial charge on any atom is -0.368 e. The fourth-order valence-electron chi connectivity index (χ4n) is 2.55. The lowest BCUT2D eigenvalue weighted by Gasteiger charge is -2.35. The number of hydrogen-bond acceptors (Lipinski definition) is 6. The van der Waals surface area contributed by atoms with Gasteiger partial charge in [0.05, 0.1) is 24.6 Å². The number of carbonyl (C=O) groups is 1. The topological polar surface area (TPSA) is 74.5 Å². The summed E-state index contributed by atoms with van der Waals surface area (Å²) in [7, 11) is 0. The van der Waals surface area contributed by atoms with Gasteiger partial charge in [0.15, 0.2) is 5.82 Å². The van der Waals surface area contributed by atoms with E-state index in [0.717, 1.165) is 31.9 Å². The lowest BCUT2D eigenvalue weighted by molar-refractivity contribution is -0.117. The first-order valence-corrected chi connectivity index (χ1v) is 7.41. The van der Waals surface area contributed by atoms with Crippen molar-refractivity contribution in [2.24, 2.45) is 0 Å². The normalized spacial score (nSPS) is 15.7. The van der Waals surface area contributed by atoms with Gasteiger partial charge in [-0.25, -0.2) is 4.39 Å². The molecule has 1 aliphatic heterocycles. The van der Waals surface area contributed by atoms with Crippen LogP contribution >= 0.6 is 0 Å². The Morgan fingerprint density at radius 3 is 2.74 bits per heavy atom. The molecule has 8 heteroatoms. The van der Waals surface area contributed by atoms with Gasteiger partial charge in [-0.3, -0.25) is 14.7 Å². The van der Waals surface area contributed by atoms with Crippen LogP contribution in [-0.2, 0) is 4.79 Å². The first-order chi connectivity index (χ1) is 11.1. The number of aromatic nitrogens is 2. The fourth-order valence-corrected chi connectivity index (χ4v) is 2.55. The smallest absolute Gasteiger partial charge is 0.239 e. The molecule has 3 heterocycles. The molecule has 1 N–H and O–H groups in total. The Balaban J connectivity index is 1.48. The van der Waals surface area contributed by atoms with E-state index in [1.165, 1.54) is 12.3 Å². The predicted octanol–water partition coefficient (Wildman–Crippen LogP) is 1.28. The van der Waals surface area contributed by atoms with Gasteiger partial charge in [0.1, 0.15) is 11.6 Å². The lowest BCUT2D eigenvalue weighted by atomic mass is 10.2. The minimum atomic E-state index is -0.341. The van der Waals surface area contributed by atoms with Gasteiger partial charge in [-0.05, 0) is 6.92 Å². The van der Waals surface area contributed by atoms with Crippen LogP contribution in [0.1, 0.15) is 5.76 Å². The molecular weight excluding hydrogens is 301 g/mol. The van der Waals surface area contributed by atoms with E-state index in [1.54, 1.807) is 19.2 Å². The summed E-state index contributed by atoms with van der Waals surface area (Å²) in [6.07, 6.45) is 2.84. The Morgan fingerprint density at radius 2 is 2.09 bits per heavy atom. The van der Waals surface area contributed by atoms with Crippen molar-refractivity contribution in [1.29, 1.82) is 0 Å². The van der Waals surface area contributed by atoms with Crippen LogP contribution in [0, 0.1) is 12.7 Å². The van der Waals surface area contributed by atoms with E-state index >= 15 is 0 Å². The Hall–Kier alpha value is -2.48. The molecule has 0 aliphatic carbocycles. The van der Waals surface area contributed by atoms with Crippen LogP contribution in [0.2, 0.25) is 0 Å². The summed E-state index contributed by atoms with van der Waals surface area (Å²) in [4.78, 5) is 20.0. The molecule has 2 aromatic rings. The second kappa shape index (κ2) is 6.74. The molecule has 1 amide bonds. The Kier molecular flexibility index (Phi) is 4.52. The monoisotopic (exact) mass is 319 g/mol. The number of pyridine rings is 1. The number of halogens is 1. The van der Waals surface area contributed by atoms with Crippen LogP contribution in [0.15, 0.2) is 29.0 Å². The van der Waals surface area contributed by atoms with Crippen molar-refractivity contribution in [3.8, 4) is 0 Å². The Bertz CT molecular complexity index is 682. The number of anilines is 2. The third-order valence-corrected chi connectivity index (χ3v) is 3.69. The molecule has 3 rings (SSSR count). The molecule has 7 nitrogen and oxygen atoms in total.